The number of primary amides is 1. The van der Waals surface area contributed by atoms with Gasteiger partial charge >= 0.3 is 6.03 Å². The molecule has 2 rings (SSSR count). The Kier molecular flexibility index (Phi) is 6.50. The molecular formula is C18H27N3O4. The number of benzene rings is 1. The van der Waals surface area contributed by atoms with Gasteiger partial charge in [0.1, 0.15) is 0 Å². The van der Waals surface area contributed by atoms with E-state index >= 15 is 0 Å². The van der Waals surface area contributed by atoms with Gasteiger partial charge in [-0.2, -0.15) is 0 Å². The van der Waals surface area contributed by atoms with Crippen LogP contribution in [0.25, 0.3) is 0 Å². The van der Waals surface area contributed by atoms with Crippen molar-refractivity contribution in [2.75, 3.05) is 26.8 Å². The molecule has 1 aromatic carbocycles. The molecular weight excluding hydrogens is 322 g/mol. The molecule has 0 aliphatic carbocycles. The smallest absolute Gasteiger partial charge is 0.317 e. The van der Waals surface area contributed by atoms with E-state index in [1.807, 2.05) is 32.0 Å². The highest BCUT2D eigenvalue weighted by atomic mass is 16.5. The molecule has 1 fully saturated rings. The first kappa shape index (κ1) is 18.9. The lowest BCUT2D eigenvalue weighted by Crippen LogP contribution is -2.46. The van der Waals surface area contributed by atoms with Crippen LogP contribution in [0.3, 0.4) is 0 Å². The van der Waals surface area contributed by atoms with Gasteiger partial charge in [0.2, 0.25) is 5.91 Å². The number of ether oxygens (including phenoxy) is 2. The average molecular weight is 349 g/mol. The van der Waals surface area contributed by atoms with Crippen LogP contribution in [0.2, 0.25) is 0 Å². The maximum absolute atomic E-state index is 12.4. The number of nitrogens with zero attached hydrogens (tertiary/aromatic N) is 1. The Labute approximate surface area is 148 Å². The molecule has 7 heteroatoms. The van der Waals surface area contributed by atoms with Gasteiger partial charge < -0.3 is 25.4 Å². The first-order chi connectivity index (χ1) is 12.0. The fourth-order valence-electron chi connectivity index (χ4n) is 2.96. The molecule has 1 aliphatic heterocycles. The lowest BCUT2D eigenvalue weighted by atomic mass is 9.96. The third-order valence-electron chi connectivity index (χ3n) is 4.51. The zero-order chi connectivity index (χ0) is 18.4. The first-order valence-corrected chi connectivity index (χ1v) is 8.61. The molecule has 1 atom stereocenters. The molecule has 1 heterocycles. The number of hydrogen-bond acceptors (Lipinski definition) is 4. The molecule has 0 spiro atoms. The number of piperidine rings is 1. The summed E-state index contributed by atoms with van der Waals surface area (Å²) < 4.78 is 10.9. The number of nitrogens with one attached hydrogen (secondary N) is 1. The Bertz CT molecular complexity index is 612. The normalized spacial score (nSPS) is 16.2. The Morgan fingerprint density at radius 3 is 2.56 bits per heavy atom. The van der Waals surface area contributed by atoms with Crippen LogP contribution in [0.5, 0.6) is 11.5 Å². The van der Waals surface area contributed by atoms with Crippen molar-refractivity contribution in [3.05, 3.63) is 23.8 Å². The maximum Gasteiger partial charge on any atom is 0.317 e. The molecule has 0 aromatic heterocycles. The molecule has 0 unspecified atom stereocenters. The van der Waals surface area contributed by atoms with Gasteiger partial charge in [0.05, 0.1) is 19.8 Å². The highest BCUT2D eigenvalue weighted by Gasteiger charge is 2.26. The van der Waals surface area contributed by atoms with Crippen molar-refractivity contribution in [1.29, 1.82) is 0 Å². The standard InChI is InChI=1S/C18H27N3O4/c1-4-25-15-6-5-14(11-16(15)24-3)12(2)20-18(23)21-9-7-13(8-10-21)17(19)22/h5-6,11-13H,4,7-10H2,1-3H3,(H2,19,22)(H,20,23)/t12-/m0/s1. The fraction of sp³-hybridized carbons (Fsp3) is 0.556. The summed E-state index contributed by atoms with van der Waals surface area (Å²) in [7, 11) is 1.59. The molecule has 1 aliphatic rings. The second-order valence-electron chi connectivity index (χ2n) is 6.18. The minimum atomic E-state index is -0.282. The number of methoxy groups -OCH3 is 1. The highest BCUT2D eigenvalue weighted by Crippen LogP contribution is 2.30. The van der Waals surface area contributed by atoms with Crippen LogP contribution >= 0.6 is 0 Å². The topological polar surface area (TPSA) is 93.9 Å². The van der Waals surface area contributed by atoms with Gasteiger partial charge in [-0.3, -0.25) is 4.79 Å². The number of nitrogens with two attached hydrogens (primary N) is 1. The SMILES string of the molecule is CCOc1ccc([C@H](C)NC(=O)N2CCC(C(N)=O)CC2)cc1OC. The van der Waals surface area contributed by atoms with Crippen molar-refractivity contribution >= 4 is 11.9 Å². The van der Waals surface area contributed by atoms with E-state index < -0.39 is 0 Å². The van der Waals surface area contributed by atoms with Gasteiger partial charge in [0.25, 0.3) is 0 Å². The Balaban J connectivity index is 1.96. The van der Waals surface area contributed by atoms with Crippen LogP contribution < -0.4 is 20.5 Å². The maximum atomic E-state index is 12.4. The molecule has 7 nitrogen and oxygen atoms in total. The minimum Gasteiger partial charge on any atom is -0.493 e. The van der Waals surface area contributed by atoms with Crippen LogP contribution in [-0.2, 0) is 4.79 Å². The summed E-state index contributed by atoms with van der Waals surface area (Å²) in [5.74, 6) is 0.912. The van der Waals surface area contributed by atoms with Gasteiger partial charge in [-0.25, -0.2) is 4.79 Å². The summed E-state index contributed by atoms with van der Waals surface area (Å²) in [5, 5.41) is 2.99. The fourth-order valence-corrected chi connectivity index (χ4v) is 2.96. The number of carbonyl (C=O) groups excluding carboxylic acids is 2. The zero-order valence-corrected chi connectivity index (χ0v) is 15.1. The Hall–Kier alpha value is -2.44. The van der Waals surface area contributed by atoms with Gasteiger partial charge in [-0.15, -0.1) is 0 Å². The number of urea groups is 1. The van der Waals surface area contributed by atoms with Crippen molar-refractivity contribution in [2.24, 2.45) is 11.7 Å². The molecule has 0 bridgehead atoms. The number of hydrogen-bond donors (Lipinski definition) is 2. The molecule has 3 N–H and O–H groups in total. The minimum absolute atomic E-state index is 0.128. The predicted octanol–water partition coefficient (Wildman–Crippen LogP) is 2.06. The van der Waals surface area contributed by atoms with Crippen molar-refractivity contribution in [3.63, 3.8) is 0 Å². The Morgan fingerprint density at radius 1 is 1.32 bits per heavy atom. The largest absolute Gasteiger partial charge is 0.493 e. The molecule has 3 amide bonds. The molecule has 1 saturated heterocycles. The van der Waals surface area contributed by atoms with Crippen molar-refractivity contribution < 1.29 is 19.1 Å². The second kappa shape index (κ2) is 8.60. The zero-order valence-electron chi connectivity index (χ0n) is 15.1. The quantitative estimate of drug-likeness (QED) is 0.822. The van der Waals surface area contributed by atoms with Crippen LogP contribution in [-0.4, -0.2) is 43.6 Å². The van der Waals surface area contributed by atoms with E-state index in [0.29, 0.717) is 44.0 Å². The van der Waals surface area contributed by atoms with E-state index in [1.54, 1.807) is 12.0 Å². The van der Waals surface area contributed by atoms with E-state index in [-0.39, 0.29) is 23.9 Å². The Morgan fingerprint density at radius 2 is 2.00 bits per heavy atom. The summed E-state index contributed by atoms with van der Waals surface area (Å²) in [6.45, 7) is 5.47. The molecule has 1 aromatic rings. The van der Waals surface area contributed by atoms with Crippen LogP contribution in [0.4, 0.5) is 4.79 Å². The first-order valence-electron chi connectivity index (χ1n) is 8.61. The summed E-state index contributed by atoms with van der Waals surface area (Å²) in [4.78, 5) is 25.4. The van der Waals surface area contributed by atoms with E-state index in [9.17, 15) is 9.59 Å². The van der Waals surface area contributed by atoms with Crippen LogP contribution in [0, 0.1) is 5.92 Å². The molecule has 138 valence electrons. The highest BCUT2D eigenvalue weighted by molar-refractivity contribution is 5.78. The van der Waals surface area contributed by atoms with E-state index in [4.69, 9.17) is 15.2 Å². The van der Waals surface area contributed by atoms with Crippen molar-refractivity contribution in [1.82, 2.24) is 10.2 Å². The van der Waals surface area contributed by atoms with Gasteiger partial charge in [-0.05, 0) is 44.4 Å². The van der Waals surface area contributed by atoms with Crippen LogP contribution in [0.1, 0.15) is 38.3 Å². The predicted molar refractivity (Wildman–Crippen MR) is 94.6 cm³/mol. The van der Waals surface area contributed by atoms with Crippen LogP contribution in [0.15, 0.2) is 18.2 Å². The molecule has 25 heavy (non-hydrogen) atoms. The number of amides is 3. The van der Waals surface area contributed by atoms with E-state index in [0.717, 1.165) is 5.56 Å². The van der Waals surface area contributed by atoms with Gasteiger partial charge in [0.15, 0.2) is 11.5 Å². The molecule has 0 radical (unpaired) electrons. The lowest BCUT2D eigenvalue weighted by molar-refractivity contribution is -0.123. The number of rotatable bonds is 6. The molecule has 0 saturated carbocycles. The second-order valence-corrected chi connectivity index (χ2v) is 6.18. The average Bonchev–Trinajstić information content (AvgIpc) is 2.62. The summed E-state index contributed by atoms with van der Waals surface area (Å²) in [6, 6.07) is 5.32. The van der Waals surface area contributed by atoms with Gasteiger partial charge in [0, 0.05) is 19.0 Å². The number of carbonyl (C=O) groups is 2. The summed E-state index contributed by atoms with van der Waals surface area (Å²) >= 11 is 0. The van der Waals surface area contributed by atoms with E-state index in [1.165, 1.54) is 0 Å². The van der Waals surface area contributed by atoms with Gasteiger partial charge in [-0.1, -0.05) is 6.07 Å². The lowest BCUT2D eigenvalue weighted by Gasteiger charge is -2.31. The third-order valence-corrected chi connectivity index (χ3v) is 4.51. The van der Waals surface area contributed by atoms with Crippen molar-refractivity contribution in [3.8, 4) is 11.5 Å². The third kappa shape index (κ3) is 4.78. The number of likely N-dealkylation sites (tertiary alicyclic amines) is 1. The summed E-state index contributed by atoms with van der Waals surface area (Å²) in [5.41, 5.74) is 6.26. The van der Waals surface area contributed by atoms with Crippen molar-refractivity contribution in [2.45, 2.75) is 32.7 Å². The summed E-state index contributed by atoms with van der Waals surface area (Å²) in [6.07, 6.45) is 1.24. The van der Waals surface area contributed by atoms with E-state index in [2.05, 4.69) is 5.32 Å². The monoisotopic (exact) mass is 349 g/mol.